The monoisotopic (exact) mass is 337 g/mol. The van der Waals surface area contributed by atoms with Crippen LogP contribution in [0.3, 0.4) is 0 Å². The van der Waals surface area contributed by atoms with Gasteiger partial charge < -0.3 is 19.9 Å². The Morgan fingerprint density at radius 1 is 1.33 bits per heavy atom. The van der Waals surface area contributed by atoms with Crippen LogP contribution in [0.1, 0.15) is 32.6 Å². The van der Waals surface area contributed by atoms with Crippen molar-refractivity contribution in [3.05, 3.63) is 24.0 Å². The Morgan fingerprint density at radius 3 is 2.58 bits per heavy atom. The third-order valence-corrected chi connectivity index (χ3v) is 4.51. The van der Waals surface area contributed by atoms with E-state index in [-0.39, 0.29) is 29.8 Å². The number of carboxylic acid groups (broad SMARTS) is 1. The number of carbonyl (C=O) groups excluding carboxylic acids is 1. The molecule has 7 heteroatoms. The quantitative estimate of drug-likeness (QED) is 0.862. The number of fused-ring (bicyclic) bond motifs is 2. The third kappa shape index (κ3) is 3.67. The number of ether oxygens (including phenoxy) is 2. The van der Waals surface area contributed by atoms with Crippen molar-refractivity contribution in [3.8, 4) is 5.75 Å². The number of rotatable bonds is 5. The Labute approximate surface area is 138 Å². The van der Waals surface area contributed by atoms with Gasteiger partial charge in [0.15, 0.2) is 17.7 Å². The Kier molecular flexibility index (Phi) is 4.71. The molecular weight excluding hydrogens is 317 g/mol. The highest BCUT2D eigenvalue weighted by atomic mass is 19.1. The molecule has 0 spiro atoms. The first-order valence-corrected chi connectivity index (χ1v) is 8.07. The topological polar surface area (TPSA) is 84.9 Å². The minimum atomic E-state index is -1.18. The summed E-state index contributed by atoms with van der Waals surface area (Å²) in [6, 6.07) is 3.95. The Morgan fingerprint density at radius 2 is 2.00 bits per heavy atom. The molecule has 0 radical (unpaired) electrons. The fourth-order valence-corrected chi connectivity index (χ4v) is 3.23. The summed E-state index contributed by atoms with van der Waals surface area (Å²) in [6.45, 7) is 1.32. The van der Waals surface area contributed by atoms with Crippen LogP contribution in [0.25, 0.3) is 0 Å². The summed E-state index contributed by atoms with van der Waals surface area (Å²) in [5.41, 5.74) is 0.326. The summed E-state index contributed by atoms with van der Waals surface area (Å²) >= 11 is 0. The second-order valence-corrected chi connectivity index (χ2v) is 6.36. The number of nitrogens with one attached hydrogen (secondary N) is 1. The number of hydrogen-bond donors (Lipinski definition) is 2. The van der Waals surface area contributed by atoms with Crippen molar-refractivity contribution < 1.29 is 28.6 Å². The molecule has 3 unspecified atom stereocenters. The van der Waals surface area contributed by atoms with Crippen molar-refractivity contribution in [1.82, 2.24) is 0 Å². The molecule has 2 aliphatic heterocycles. The number of aliphatic carboxylic acids is 1. The number of halogens is 1. The maximum Gasteiger partial charge on any atom is 0.344 e. The molecule has 2 heterocycles. The van der Waals surface area contributed by atoms with E-state index < -0.39 is 17.9 Å². The second-order valence-electron chi connectivity index (χ2n) is 6.36. The molecular formula is C17H20FNO5. The summed E-state index contributed by atoms with van der Waals surface area (Å²) in [4.78, 5) is 23.1. The van der Waals surface area contributed by atoms with Crippen LogP contribution in [0.2, 0.25) is 0 Å². The normalized spacial score (nSPS) is 26.7. The number of amides is 1. The van der Waals surface area contributed by atoms with E-state index in [4.69, 9.17) is 14.6 Å². The first-order valence-electron chi connectivity index (χ1n) is 8.07. The van der Waals surface area contributed by atoms with Gasteiger partial charge in [-0.2, -0.15) is 0 Å². The lowest BCUT2D eigenvalue weighted by atomic mass is 9.94. The van der Waals surface area contributed by atoms with Crippen molar-refractivity contribution in [2.75, 3.05) is 5.32 Å². The standard InChI is InChI=1S/C17H20FNO5/c1-9(17(21)22)23-15-5-2-11(8-14(15)18)19-16(20)10-6-12-3-4-13(7-10)24-12/h2,5,8-10,12-13H,3-4,6-7H2,1H3,(H,19,20)(H,21,22). The van der Waals surface area contributed by atoms with Gasteiger partial charge in [0, 0.05) is 17.7 Å². The van der Waals surface area contributed by atoms with E-state index >= 15 is 0 Å². The van der Waals surface area contributed by atoms with Crippen LogP contribution >= 0.6 is 0 Å². The molecule has 0 aromatic heterocycles. The van der Waals surface area contributed by atoms with Gasteiger partial charge in [-0.25, -0.2) is 9.18 Å². The molecule has 2 saturated heterocycles. The molecule has 3 atom stereocenters. The number of carbonyl (C=O) groups is 2. The molecule has 1 amide bonds. The van der Waals surface area contributed by atoms with Crippen molar-refractivity contribution in [3.63, 3.8) is 0 Å². The highest BCUT2D eigenvalue weighted by Gasteiger charge is 2.38. The molecule has 0 saturated carbocycles. The first-order chi connectivity index (χ1) is 11.4. The molecule has 2 fully saturated rings. The molecule has 1 aromatic rings. The van der Waals surface area contributed by atoms with Crippen LogP contribution in [0.4, 0.5) is 10.1 Å². The summed E-state index contributed by atoms with van der Waals surface area (Å²) in [7, 11) is 0. The Bertz CT molecular complexity index is 638. The lowest BCUT2D eigenvalue weighted by molar-refractivity contribution is -0.144. The molecule has 3 rings (SSSR count). The van der Waals surface area contributed by atoms with Crippen LogP contribution in [0.5, 0.6) is 5.75 Å². The minimum Gasteiger partial charge on any atom is -0.479 e. The third-order valence-electron chi connectivity index (χ3n) is 4.51. The predicted molar refractivity (Wildman–Crippen MR) is 83.4 cm³/mol. The fourth-order valence-electron chi connectivity index (χ4n) is 3.23. The molecule has 1 aromatic carbocycles. The smallest absolute Gasteiger partial charge is 0.344 e. The predicted octanol–water partition coefficient (Wildman–Crippen LogP) is 2.57. The molecule has 0 aliphatic carbocycles. The zero-order valence-electron chi connectivity index (χ0n) is 13.3. The zero-order valence-corrected chi connectivity index (χ0v) is 13.3. The minimum absolute atomic E-state index is 0.123. The van der Waals surface area contributed by atoms with Crippen LogP contribution in [-0.2, 0) is 14.3 Å². The second kappa shape index (κ2) is 6.76. The van der Waals surface area contributed by atoms with E-state index in [9.17, 15) is 14.0 Å². The van der Waals surface area contributed by atoms with Gasteiger partial charge in [-0.05, 0) is 44.7 Å². The SMILES string of the molecule is CC(Oc1ccc(NC(=O)C2CC3CCC(C2)O3)cc1F)C(=O)O. The molecule has 130 valence electrons. The van der Waals surface area contributed by atoms with Gasteiger partial charge in [-0.3, -0.25) is 4.79 Å². The lowest BCUT2D eigenvalue weighted by Gasteiger charge is -2.27. The van der Waals surface area contributed by atoms with Crippen LogP contribution in [-0.4, -0.2) is 35.3 Å². The van der Waals surface area contributed by atoms with Gasteiger partial charge in [-0.1, -0.05) is 0 Å². The number of anilines is 1. The van der Waals surface area contributed by atoms with Gasteiger partial charge in [0.25, 0.3) is 0 Å². The molecule has 2 aliphatic rings. The van der Waals surface area contributed by atoms with Crippen molar-refractivity contribution in [1.29, 1.82) is 0 Å². The summed E-state index contributed by atoms with van der Waals surface area (Å²) < 4.78 is 24.7. The van der Waals surface area contributed by atoms with Crippen molar-refractivity contribution in [2.45, 2.75) is 50.9 Å². The van der Waals surface area contributed by atoms with E-state index in [0.717, 1.165) is 18.9 Å². The van der Waals surface area contributed by atoms with E-state index in [1.54, 1.807) is 0 Å². The molecule has 24 heavy (non-hydrogen) atoms. The van der Waals surface area contributed by atoms with E-state index in [1.807, 2.05) is 0 Å². The van der Waals surface area contributed by atoms with E-state index in [2.05, 4.69) is 5.32 Å². The van der Waals surface area contributed by atoms with Crippen LogP contribution < -0.4 is 10.1 Å². The highest BCUT2D eigenvalue weighted by molar-refractivity contribution is 5.92. The summed E-state index contributed by atoms with van der Waals surface area (Å²) in [5, 5.41) is 11.5. The Balaban J connectivity index is 1.62. The van der Waals surface area contributed by atoms with Gasteiger partial charge in [0.1, 0.15) is 0 Å². The molecule has 6 nitrogen and oxygen atoms in total. The largest absolute Gasteiger partial charge is 0.479 e. The highest BCUT2D eigenvalue weighted by Crippen LogP contribution is 2.36. The van der Waals surface area contributed by atoms with Crippen molar-refractivity contribution in [2.24, 2.45) is 5.92 Å². The zero-order chi connectivity index (χ0) is 17.3. The van der Waals surface area contributed by atoms with E-state index in [1.165, 1.54) is 19.1 Å². The van der Waals surface area contributed by atoms with Gasteiger partial charge in [0.2, 0.25) is 5.91 Å². The fraction of sp³-hybridized carbons (Fsp3) is 0.529. The summed E-state index contributed by atoms with van der Waals surface area (Å²) in [6.07, 6.45) is 2.55. The van der Waals surface area contributed by atoms with Gasteiger partial charge in [0.05, 0.1) is 12.2 Å². The Hall–Kier alpha value is -2.15. The molecule has 2 bridgehead atoms. The maximum atomic E-state index is 14.0. The lowest BCUT2D eigenvalue weighted by Crippen LogP contribution is -2.33. The number of hydrogen-bond acceptors (Lipinski definition) is 4. The average Bonchev–Trinajstić information content (AvgIpc) is 2.87. The average molecular weight is 337 g/mol. The van der Waals surface area contributed by atoms with Crippen LogP contribution in [0, 0.1) is 11.7 Å². The van der Waals surface area contributed by atoms with Crippen LogP contribution in [0.15, 0.2) is 18.2 Å². The number of benzene rings is 1. The molecule has 2 N–H and O–H groups in total. The van der Waals surface area contributed by atoms with Gasteiger partial charge in [-0.15, -0.1) is 0 Å². The van der Waals surface area contributed by atoms with Crippen molar-refractivity contribution >= 4 is 17.6 Å². The summed E-state index contributed by atoms with van der Waals surface area (Å²) in [5.74, 6) is -2.31. The first kappa shape index (κ1) is 16.7. The number of carboxylic acids is 1. The van der Waals surface area contributed by atoms with Gasteiger partial charge >= 0.3 is 5.97 Å². The maximum absolute atomic E-state index is 14.0. The van der Waals surface area contributed by atoms with E-state index in [0.29, 0.717) is 18.5 Å².